The first-order valence-corrected chi connectivity index (χ1v) is 7.83. The molecule has 5 nitrogen and oxygen atoms in total. The molecule has 0 saturated heterocycles. The van der Waals surface area contributed by atoms with E-state index < -0.39 is 11.7 Å². The van der Waals surface area contributed by atoms with Gasteiger partial charge >= 0.3 is 11.9 Å². The fraction of sp³-hybridized carbons (Fsp3) is 0.294. The Morgan fingerprint density at radius 2 is 2.00 bits per heavy atom. The fourth-order valence-electron chi connectivity index (χ4n) is 2.78. The van der Waals surface area contributed by atoms with Crippen LogP contribution in [0, 0.1) is 0 Å². The van der Waals surface area contributed by atoms with E-state index in [2.05, 4.69) is 5.10 Å². The molecular formula is C17H14F3N3O2. The summed E-state index contributed by atoms with van der Waals surface area (Å²) >= 11 is 0. The molecule has 0 atom stereocenters. The van der Waals surface area contributed by atoms with Gasteiger partial charge in [0.1, 0.15) is 0 Å². The van der Waals surface area contributed by atoms with Crippen molar-refractivity contribution in [3.05, 3.63) is 64.3 Å². The second-order valence-electron chi connectivity index (χ2n) is 6.04. The number of halogens is 3. The minimum atomic E-state index is -4.42. The summed E-state index contributed by atoms with van der Waals surface area (Å²) in [6.07, 6.45) is -1.18. The van der Waals surface area contributed by atoms with E-state index >= 15 is 0 Å². The van der Waals surface area contributed by atoms with Gasteiger partial charge in [0.05, 0.1) is 18.4 Å². The van der Waals surface area contributed by atoms with E-state index in [-0.39, 0.29) is 18.3 Å². The van der Waals surface area contributed by atoms with Crippen molar-refractivity contribution in [3.8, 4) is 11.6 Å². The quantitative estimate of drug-likeness (QED) is 0.722. The Morgan fingerprint density at radius 1 is 1.20 bits per heavy atom. The zero-order valence-corrected chi connectivity index (χ0v) is 13.0. The standard InChI is InChI=1S/C17H14F3N3O2/c18-17(19,20)12-4-1-3-11(9-12)10-22-16(24)23(13-6-7-13)15(21-22)14-5-2-8-25-14/h1-5,8-9,13H,6-7,10H2. The van der Waals surface area contributed by atoms with Crippen molar-refractivity contribution in [2.45, 2.75) is 31.6 Å². The Morgan fingerprint density at radius 3 is 2.64 bits per heavy atom. The topological polar surface area (TPSA) is 53.0 Å². The zero-order chi connectivity index (χ0) is 17.6. The molecule has 0 amide bonds. The molecule has 0 spiro atoms. The highest BCUT2D eigenvalue weighted by molar-refractivity contribution is 5.46. The molecule has 1 fully saturated rings. The van der Waals surface area contributed by atoms with Gasteiger partial charge in [0.2, 0.25) is 5.82 Å². The lowest BCUT2D eigenvalue weighted by atomic mass is 10.1. The molecule has 2 aromatic heterocycles. The largest absolute Gasteiger partial charge is 0.461 e. The summed E-state index contributed by atoms with van der Waals surface area (Å²) in [4.78, 5) is 12.7. The van der Waals surface area contributed by atoms with Crippen molar-refractivity contribution in [1.29, 1.82) is 0 Å². The zero-order valence-electron chi connectivity index (χ0n) is 13.0. The number of furan rings is 1. The lowest BCUT2D eigenvalue weighted by Crippen LogP contribution is -2.25. The van der Waals surface area contributed by atoms with Crippen LogP contribution in [0.4, 0.5) is 13.2 Å². The molecular weight excluding hydrogens is 335 g/mol. The molecule has 130 valence electrons. The van der Waals surface area contributed by atoms with Crippen molar-refractivity contribution in [2.24, 2.45) is 0 Å². The molecule has 0 radical (unpaired) electrons. The predicted molar refractivity (Wildman–Crippen MR) is 83.0 cm³/mol. The van der Waals surface area contributed by atoms with E-state index in [4.69, 9.17) is 4.42 Å². The van der Waals surface area contributed by atoms with E-state index in [0.717, 1.165) is 25.0 Å². The van der Waals surface area contributed by atoms with E-state index in [1.54, 1.807) is 22.8 Å². The van der Waals surface area contributed by atoms with Gasteiger partial charge in [0.25, 0.3) is 0 Å². The SMILES string of the molecule is O=c1n(Cc2cccc(C(F)(F)F)c2)nc(-c2ccco2)n1C1CC1. The molecule has 2 heterocycles. The molecule has 1 aromatic carbocycles. The van der Waals surface area contributed by atoms with Gasteiger partial charge in [-0.25, -0.2) is 9.48 Å². The molecule has 1 aliphatic carbocycles. The number of nitrogens with zero attached hydrogens (tertiary/aromatic N) is 3. The van der Waals surface area contributed by atoms with E-state index in [9.17, 15) is 18.0 Å². The summed E-state index contributed by atoms with van der Waals surface area (Å²) in [6.45, 7) is -0.0316. The summed E-state index contributed by atoms with van der Waals surface area (Å²) in [5.74, 6) is 0.872. The second kappa shape index (κ2) is 5.65. The lowest BCUT2D eigenvalue weighted by molar-refractivity contribution is -0.137. The van der Waals surface area contributed by atoms with Gasteiger partial charge in [0.15, 0.2) is 5.76 Å². The Bertz CT molecular complexity index is 950. The number of aromatic nitrogens is 3. The molecule has 8 heteroatoms. The number of alkyl halides is 3. The van der Waals surface area contributed by atoms with Crippen molar-refractivity contribution < 1.29 is 17.6 Å². The normalized spacial score (nSPS) is 14.8. The average Bonchev–Trinajstić information content (AvgIpc) is 3.14. The van der Waals surface area contributed by atoms with Gasteiger partial charge in [-0.3, -0.25) is 4.57 Å². The maximum Gasteiger partial charge on any atom is 0.416 e. The molecule has 0 unspecified atom stereocenters. The van der Waals surface area contributed by atoms with Gasteiger partial charge in [0, 0.05) is 6.04 Å². The van der Waals surface area contributed by atoms with E-state index in [0.29, 0.717) is 17.1 Å². The average molecular weight is 349 g/mol. The third-order valence-electron chi connectivity index (χ3n) is 4.11. The fourth-order valence-corrected chi connectivity index (χ4v) is 2.78. The Kier molecular flexibility index (Phi) is 3.55. The van der Waals surface area contributed by atoms with Crippen LogP contribution >= 0.6 is 0 Å². The van der Waals surface area contributed by atoms with Gasteiger partial charge in [-0.15, -0.1) is 5.10 Å². The van der Waals surface area contributed by atoms with Crippen molar-refractivity contribution in [3.63, 3.8) is 0 Å². The van der Waals surface area contributed by atoms with Gasteiger partial charge in [-0.1, -0.05) is 12.1 Å². The summed E-state index contributed by atoms with van der Waals surface area (Å²) in [5, 5.41) is 4.29. The first kappa shape index (κ1) is 15.7. The van der Waals surface area contributed by atoms with Crippen LogP contribution < -0.4 is 5.69 Å². The molecule has 0 N–H and O–H groups in total. The van der Waals surface area contributed by atoms with Crippen molar-refractivity contribution in [2.75, 3.05) is 0 Å². The highest BCUT2D eigenvalue weighted by atomic mass is 19.4. The number of hydrogen-bond donors (Lipinski definition) is 0. The Balaban J connectivity index is 1.72. The minimum Gasteiger partial charge on any atom is -0.461 e. The molecule has 3 aromatic rings. The van der Waals surface area contributed by atoms with Crippen LogP contribution in [0.3, 0.4) is 0 Å². The van der Waals surface area contributed by atoms with Crippen molar-refractivity contribution in [1.82, 2.24) is 14.3 Å². The maximum absolute atomic E-state index is 12.9. The highest BCUT2D eigenvalue weighted by Crippen LogP contribution is 2.36. The molecule has 1 saturated carbocycles. The summed E-state index contributed by atoms with van der Waals surface area (Å²) < 4.78 is 46.6. The van der Waals surface area contributed by atoms with Gasteiger partial charge in [-0.05, 0) is 42.7 Å². The summed E-state index contributed by atoms with van der Waals surface area (Å²) in [7, 11) is 0. The summed E-state index contributed by atoms with van der Waals surface area (Å²) in [6, 6.07) is 8.39. The Labute approximate surface area is 140 Å². The second-order valence-corrected chi connectivity index (χ2v) is 6.04. The van der Waals surface area contributed by atoms with Gasteiger partial charge < -0.3 is 4.42 Å². The van der Waals surface area contributed by atoms with Crippen LogP contribution in [0.15, 0.2) is 51.9 Å². The molecule has 25 heavy (non-hydrogen) atoms. The third-order valence-corrected chi connectivity index (χ3v) is 4.11. The minimum absolute atomic E-state index is 0.0316. The van der Waals surface area contributed by atoms with Gasteiger partial charge in [-0.2, -0.15) is 13.2 Å². The number of benzene rings is 1. The van der Waals surface area contributed by atoms with E-state index in [1.807, 2.05) is 0 Å². The first-order valence-electron chi connectivity index (χ1n) is 7.83. The monoisotopic (exact) mass is 349 g/mol. The van der Waals surface area contributed by atoms with Crippen molar-refractivity contribution >= 4 is 0 Å². The predicted octanol–water partition coefficient (Wildman–Crippen LogP) is 3.71. The van der Waals surface area contributed by atoms with Crippen LogP contribution in [0.5, 0.6) is 0 Å². The van der Waals surface area contributed by atoms with E-state index in [1.165, 1.54) is 17.0 Å². The van der Waals surface area contributed by atoms with Crippen LogP contribution in [0.2, 0.25) is 0 Å². The molecule has 4 rings (SSSR count). The molecule has 0 aliphatic heterocycles. The number of hydrogen-bond acceptors (Lipinski definition) is 3. The smallest absolute Gasteiger partial charge is 0.416 e. The van der Waals surface area contributed by atoms with Crippen LogP contribution in [-0.2, 0) is 12.7 Å². The molecule has 1 aliphatic rings. The van der Waals surface area contributed by atoms with Crippen LogP contribution in [0.1, 0.15) is 30.0 Å². The maximum atomic E-state index is 12.9. The number of rotatable bonds is 4. The van der Waals surface area contributed by atoms with Crippen LogP contribution in [0.25, 0.3) is 11.6 Å². The molecule has 0 bridgehead atoms. The lowest BCUT2D eigenvalue weighted by Gasteiger charge is -2.08. The van der Waals surface area contributed by atoms with Crippen LogP contribution in [-0.4, -0.2) is 14.3 Å². The third kappa shape index (κ3) is 2.99. The summed E-state index contributed by atoms with van der Waals surface area (Å²) in [5.41, 5.74) is -0.722. The Hall–Kier alpha value is -2.77. The first-order chi connectivity index (χ1) is 11.9. The highest BCUT2D eigenvalue weighted by Gasteiger charge is 2.32.